The van der Waals surface area contributed by atoms with Gasteiger partial charge in [0.2, 0.25) is 0 Å². The molecule has 3 rings (SSSR count). The fourth-order valence-corrected chi connectivity index (χ4v) is 2.57. The Morgan fingerprint density at radius 1 is 1.18 bits per heavy atom. The van der Waals surface area contributed by atoms with Crippen LogP contribution in [-0.2, 0) is 6.42 Å². The molecule has 2 aliphatic heterocycles. The van der Waals surface area contributed by atoms with Gasteiger partial charge in [-0.3, -0.25) is 0 Å². The van der Waals surface area contributed by atoms with Crippen LogP contribution in [0, 0.1) is 5.92 Å². The summed E-state index contributed by atoms with van der Waals surface area (Å²) in [5, 5.41) is 3.41. The molecule has 1 atom stereocenters. The van der Waals surface area contributed by atoms with Crippen LogP contribution in [0.2, 0.25) is 0 Å². The number of hydrogen-bond acceptors (Lipinski definition) is 3. The zero-order chi connectivity index (χ0) is 11.5. The van der Waals surface area contributed by atoms with Gasteiger partial charge in [0, 0.05) is 0 Å². The zero-order valence-corrected chi connectivity index (χ0v) is 10.1. The number of aryl methyl sites for hydroxylation is 1. The molecule has 0 amide bonds. The Balaban J connectivity index is 1.62. The standard InChI is InChI=1S/C14H19NO2/c1(2-12-5-6-15-10-12)11-3-4-13-14(9-11)17-8-7-16-13/h3-4,9,12,15H,1-2,5-8,10H2. The van der Waals surface area contributed by atoms with Gasteiger partial charge in [-0.1, -0.05) is 6.07 Å². The zero-order valence-electron chi connectivity index (χ0n) is 10.1. The van der Waals surface area contributed by atoms with E-state index in [0.29, 0.717) is 13.2 Å². The van der Waals surface area contributed by atoms with E-state index in [1.807, 2.05) is 6.07 Å². The summed E-state index contributed by atoms with van der Waals surface area (Å²) in [5.74, 6) is 2.66. The average Bonchev–Trinajstić information content (AvgIpc) is 2.89. The number of ether oxygens (including phenoxy) is 2. The summed E-state index contributed by atoms with van der Waals surface area (Å²) < 4.78 is 11.1. The van der Waals surface area contributed by atoms with Crippen molar-refractivity contribution in [3.05, 3.63) is 23.8 Å². The van der Waals surface area contributed by atoms with Crippen molar-refractivity contribution in [3.8, 4) is 11.5 Å². The molecule has 3 nitrogen and oxygen atoms in total. The minimum absolute atomic E-state index is 0.667. The van der Waals surface area contributed by atoms with E-state index in [9.17, 15) is 0 Å². The van der Waals surface area contributed by atoms with Crippen molar-refractivity contribution < 1.29 is 9.47 Å². The van der Waals surface area contributed by atoms with Gasteiger partial charge in [-0.25, -0.2) is 0 Å². The van der Waals surface area contributed by atoms with Crippen LogP contribution >= 0.6 is 0 Å². The predicted molar refractivity (Wildman–Crippen MR) is 66.7 cm³/mol. The van der Waals surface area contributed by atoms with E-state index in [1.54, 1.807) is 0 Å². The third-order valence-corrected chi connectivity index (χ3v) is 3.61. The van der Waals surface area contributed by atoms with Gasteiger partial charge in [0.15, 0.2) is 11.5 Å². The first-order valence-electron chi connectivity index (χ1n) is 6.51. The fourth-order valence-electron chi connectivity index (χ4n) is 2.57. The molecule has 2 heterocycles. The minimum Gasteiger partial charge on any atom is -0.486 e. The van der Waals surface area contributed by atoms with Crippen LogP contribution < -0.4 is 14.8 Å². The second-order valence-electron chi connectivity index (χ2n) is 4.88. The summed E-state index contributed by atoms with van der Waals surface area (Å²) in [5.41, 5.74) is 1.36. The maximum absolute atomic E-state index is 5.60. The van der Waals surface area contributed by atoms with Gasteiger partial charge in [-0.2, -0.15) is 0 Å². The summed E-state index contributed by atoms with van der Waals surface area (Å²) in [6, 6.07) is 6.34. The maximum Gasteiger partial charge on any atom is 0.161 e. The van der Waals surface area contributed by atoms with Crippen molar-refractivity contribution in [2.45, 2.75) is 19.3 Å². The molecule has 1 N–H and O–H groups in total. The summed E-state index contributed by atoms with van der Waals surface area (Å²) in [6.45, 7) is 3.71. The molecule has 0 radical (unpaired) electrons. The molecule has 92 valence electrons. The first-order valence-corrected chi connectivity index (χ1v) is 6.51. The highest BCUT2D eigenvalue weighted by Crippen LogP contribution is 2.31. The molecule has 1 unspecified atom stereocenters. The van der Waals surface area contributed by atoms with E-state index in [1.165, 1.54) is 31.5 Å². The van der Waals surface area contributed by atoms with Crippen LogP contribution in [0.4, 0.5) is 0 Å². The predicted octanol–water partition coefficient (Wildman–Crippen LogP) is 2.00. The Morgan fingerprint density at radius 2 is 2.06 bits per heavy atom. The van der Waals surface area contributed by atoms with E-state index >= 15 is 0 Å². The fraction of sp³-hybridized carbons (Fsp3) is 0.571. The molecule has 0 bridgehead atoms. The van der Waals surface area contributed by atoms with Gasteiger partial charge in [-0.05, 0) is 56.0 Å². The lowest BCUT2D eigenvalue weighted by molar-refractivity contribution is 0.171. The van der Waals surface area contributed by atoms with E-state index in [0.717, 1.165) is 23.8 Å². The van der Waals surface area contributed by atoms with Crippen molar-refractivity contribution in [1.82, 2.24) is 5.32 Å². The van der Waals surface area contributed by atoms with Gasteiger partial charge >= 0.3 is 0 Å². The van der Waals surface area contributed by atoms with Crippen molar-refractivity contribution in [1.29, 1.82) is 0 Å². The lowest BCUT2D eigenvalue weighted by Gasteiger charge is -2.19. The number of hydrogen-bond donors (Lipinski definition) is 1. The number of rotatable bonds is 3. The quantitative estimate of drug-likeness (QED) is 0.866. The highest BCUT2D eigenvalue weighted by Gasteiger charge is 2.15. The molecule has 1 fully saturated rings. The first-order chi connectivity index (χ1) is 8.42. The van der Waals surface area contributed by atoms with Crippen molar-refractivity contribution in [2.75, 3.05) is 26.3 Å². The lowest BCUT2D eigenvalue weighted by Crippen LogP contribution is -2.15. The molecule has 0 spiro atoms. The van der Waals surface area contributed by atoms with Gasteiger partial charge in [0.1, 0.15) is 13.2 Å². The monoisotopic (exact) mass is 233 g/mol. The Bertz CT molecular complexity index is 386. The van der Waals surface area contributed by atoms with E-state index < -0.39 is 0 Å². The second kappa shape index (κ2) is 4.96. The molecule has 1 aromatic carbocycles. The Kier molecular flexibility index (Phi) is 3.18. The highest BCUT2D eigenvalue weighted by atomic mass is 16.6. The third-order valence-electron chi connectivity index (χ3n) is 3.61. The Hall–Kier alpha value is -1.22. The third kappa shape index (κ3) is 2.55. The normalized spacial score (nSPS) is 22.7. The maximum atomic E-state index is 5.60. The smallest absolute Gasteiger partial charge is 0.161 e. The van der Waals surface area contributed by atoms with Crippen LogP contribution in [0.25, 0.3) is 0 Å². The Morgan fingerprint density at radius 3 is 2.88 bits per heavy atom. The molecule has 0 aromatic heterocycles. The SMILES string of the molecule is c1cc2c(cc1CCC1CCNC1)OCCO2. The number of nitrogens with one attached hydrogen (secondary N) is 1. The van der Waals surface area contributed by atoms with Gasteiger partial charge in [-0.15, -0.1) is 0 Å². The molecule has 1 aromatic rings. The van der Waals surface area contributed by atoms with Crippen LogP contribution in [0.1, 0.15) is 18.4 Å². The molecular formula is C14H19NO2. The largest absolute Gasteiger partial charge is 0.486 e. The average molecular weight is 233 g/mol. The molecule has 2 aliphatic rings. The second-order valence-corrected chi connectivity index (χ2v) is 4.88. The topological polar surface area (TPSA) is 30.5 Å². The van der Waals surface area contributed by atoms with Crippen LogP contribution in [0.15, 0.2) is 18.2 Å². The lowest BCUT2D eigenvalue weighted by atomic mass is 9.98. The molecule has 1 saturated heterocycles. The molecule has 0 aliphatic carbocycles. The summed E-state index contributed by atoms with van der Waals surface area (Å²) in [4.78, 5) is 0. The minimum atomic E-state index is 0.667. The van der Waals surface area contributed by atoms with E-state index in [2.05, 4.69) is 17.4 Å². The van der Waals surface area contributed by atoms with Crippen molar-refractivity contribution in [2.24, 2.45) is 5.92 Å². The number of benzene rings is 1. The Labute approximate surface area is 102 Å². The first kappa shape index (κ1) is 10.9. The van der Waals surface area contributed by atoms with Gasteiger partial charge in [0.05, 0.1) is 0 Å². The highest BCUT2D eigenvalue weighted by molar-refractivity contribution is 5.43. The molecule has 3 heteroatoms. The number of fused-ring (bicyclic) bond motifs is 1. The summed E-state index contributed by atoms with van der Waals surface area (Å²) >= 11 is 0. The van der Waals surface area contributed by atoms with Crippen molar-refractivity contribution >= 4 is 0 Å². The van der Waals surface area contributed by atoms with Gasteiger partial charge < -0.3 is 14.8 Å². The summed E-state index contributed by atoms with van der Waals surface area (Å²) in [7, 11) is 0. The van der Waals surface area contributed by atoms with Gasteiger partial charge in [0.25, 0.3) is 0 Å². The van der Waals surface area contributed by atoms with Crippen LogP contribution in [0.5, 0.6) is 11.5 Å². The summed E-state index contributed by atoms with van der Waals surface area (Å²) in [6.07, 6.45) is 3.74. The van der Waals surface area contributed by atoms with E-state index in [-0.39, 0.29) is 0 Å². The van der Waals surface area contributed by atoms with Crippen molar-refractivity contribution in [3.63, 3.8) is 0 Å². The molecule has 17 heavy (non-hydrogen) atoms. The van der Waals surface area contributed by atoms with Crippen LogP contribution in [-0.4, -0.2) is 26.3 Å². The molecular weight excluding hydrogens is 214 g/mol. The molecule has 0 saturated carbocycles. The van der Waals surface area contributed by atoms with Crippen LogP contribution in [0.3, 0.4) is 0 Å². The van der Waals surface area contributed by atoms with E-state index in [4.69, 9.17) is 9.47 Å².